The Bertz CT molecular complexity index is 506. The molecule has 0 fully saturated rings. The van der Waals surface area contributed by atoms with E-state index in [4.69, 9.17) is 10.2 Å². The van der Waals surface area contributed by atoms with Gasteiger partial charge in [0, 0.05) is 40.1 Å². The average Bonchev–Trinajstić information content (AvgIpc) is 3.00. The second-order valence-electron chi connectivity index (χ2n) is 13.6. The molecule has 0 aliphatic heterocycles. The van der Waals surface area contributed by atoms with Crippen molar-refractivity contribution in [1.82, 2.24) is 0 Å². The maximum atomic E-state index is 10.4. The van der Waals surface area contributed by atoms with Gasteiger partial charge in [0.05, 0.1) is 0 Å². The number of carboxylic acid groups (broad SMARTS) is 2. The van der Waals surface area contributed by atoms with Crippen LogP contribution in [0.2, 0.25) is 0 Å². The average molecular weight is 737 g/mol. The first kappa shape index (κ1) is 49.3. The van der Waals surface area contributed by atoms with Gasteiger partial charge in [0.1, 0.15) is 0 Å². The van der Waals surface area contributed by atoms with Gasteiger partial charge in [0.2, 0.25) is 0 Å². The van der Waals surface area contributed by atoms with Gasteiger partial charge in [-0.15, -0.1) is 0 Å². The summed E-state index contributed by atoms with van der Waals surface area (Å²) < 4.78 is 0. The Balaban J connectivity index is -0.000000767. The van der Waals surface area contributed by atoms with Crippen molar-refractivity contribution in [3.05, 3.63) is 0 Å². The third-order valence-corrected chi connectivity index (χ3v) is 8.99. The van der Waals surface area contributed by atoms with Crippen molar-refractivity contribution in [3.63, 3.8) is 0 Å². The summed E-state index contributed by atoms with van der Waals surface area (Å²) in [4.78, 5) is 20.7. The first-order valence-electron chi connectivity index (χ1n) is 20.0. The predicted octanol–water partition coefficient (Wildman–Crippen LogP) is 14.2. The van der Waals surface area contributed by atoms with Gasteiger partial charge in [0.25, 0.3) is 0 Å². The molecular weight excluding hydrogens is 657 g/mol. The smallest absolute Gasteiger partial charge is 0.303 e. The van der Waals surface area contributed by atoms with Crippen LogP contribution in [0.15, 0.2) is 0 Å². The van der Waals surface area contributed by atoms with Gasteiger partial charge in [-0.05, 0) is 12.8 Å². The second kappa shape index (κ2) is 46.0. The van der Waals surface area contributed by atoms with Crippen molar-refractivity contribution in [2.24, 2.45) is 0 Å². The number of hydrogen-bond donors (Lipinski definition) is 2. The minimum Gasteiger partial charge on any atom is -0.481 e. The summed E-state index contributed by atoms with van der Waals surface area (Å²) in [7, 11) is 0. The quantitative estimate of drug-likeness (QED) is 0.0496. The van der Waals surface area contributed by atoms with Crippen molar-refractivity contribution < 1.29 is 47.1 Å². The molecule has 0 aromatic heterocycles. The fourth-order valence-electron chi connectivity index (χ4n) is 6.00. The minimum atomic E-state index is -0.652. The largest absolute Gasteiger partial charge is 0.481 e. The van der Waals surface area contributed by atoms with E-state index in [9.17, 15) is 9.59 Å². The molecule has 2 N–H and O–H groups in total. The fraction of sp³-hybridized carbons (Fsp3) is 0.950. The molecule has 0 saturated carbocycles. The predicted molar refractivity (Wildman–Crippen MR) is 193 cm³/mol. The molecule has 0 spiro atoms. The van der Waals surface area contributed by atoms with Gasteiger partial charge < -0.3 is 10.2 Å². The first-order chi connectivity index (χ1) is 21.5. The second-order valence-corrected chi connectivity index (χ2v) is 13.6. The van der Waals surface area contributed by atoms with Crippen LogP contribution in [0.25, 0.3) is 0 Å². The molecule has 5 heteroatoms. The van der Waals surface area contributed by atoms with E-state index in [1.165, 1.54) is 193 Å². The molecule has 266 valence electrons. The number of rotatable bonds is 36. The zero-order chi connectivity index (χ0) is 32.6. The fourth-order valence-corrected chi connectivity index (χ4v) is 6.00. The summed E-state index contributed by atoms with van der Waals surface area (Å²) in [6.45, 7) is 4.55. The van der Waals surface area contributed by atoms with Crippen LogP contribution in [0.3, 0.4) is 0 Å². The summed E-state index contributed by atoms with van der Waals surface area (Å²) in [5.74, 6) is -1.30. The normalized spacial score (nSPS) is 10.7. The SMILES string of the molecule is CCCCCCCCCCCCCCCCCCCC(=O)O.CCCCCCCCCCCCCCCCCCCC(=O)O.[Cd]. The Morgan fingerprint density at radius 1 is 0.289 bits per heavy atom. The van der Waals surface area contributed by atoms with Crippen molar-refractivity contribution in [1.29, 1.82) is 0 Å². The van der Waals surface area contributed by atoms with E-state index in [-0.39, 0.29) is 27.3 Å². The Morgan fingerprint density at radius 3 is 0.556 bits per heavy atom. The number of aliphatic carboxylic acids is 2. The van der Waals surface area contributed by atoms with E-state index >= 15 is 0 Å². The number of carbonyl (C=O) groups is 2. The number of carboxylic acids is 2. The number of hydrogen-bond acceptors (Lipinski definition) is 2. The van der Waals surface area contributed by atoms with Gasteiger partial charge >= 0.3 is 11.9 Å². The molecule has 0 aromatic rings. The molecule has 0 radical (unpaired) electrons. The molecule has 0 amide bonds. The zero-order valence-electron chi connectivity index (χ0n) is 30.9. The van der Waals surface area contributed by atoms with Gasteiger partial charge in [0.15, 0.2) is 0 Å². The van der Waals surface area contributed by atoms with Gasteiger partial charge in [-0.25, -0.2) is 0 Å². The van der Waals surface area contributed by atoms with Gasteiger partial charge in [-0.1, -0.05) is 219 Å². The molecule has 4 nitrogen and oxygen atoms in total. The van der Waals surface area contributed by atoms with Crippen molar-refractivity contribution in [2.75, 3.05) is 0 Å². The van der Waals surface area contributed by atoms with E-state index in [1.807, 2.05) is 0 Å². The summed E-state index contributed by atoms with van der Waals surface area (Å²) in [5.41, 5.74) is 0. The Kier molecular flexibility index (Phi) is 50.3. The minimum absolute atomic E-state index is 0. The maximum absolute atomic E-state index is 10.4. The molecule has 45 heavy (non-hydrogen) atoms. The molecule has 0 unspecified atom stereocenters. The van der Waals surface area contributed by atoms with E-state index in [1.54, 1.807) is 0 Å². The summed E-state index contributed by atoms with van der Waals surface area (Å²) in [6, 6.07) is 0. The van der Waals surface area contributed by atoms with Crippen LogP contribution in [0.5, 0.6) is 0 Å². The van der Waals surface area contributed by atoms with E-state index in [0.29, 0.717) is 12.8 Å². The van der Waals surface area contributed by atoms with Crippen LogP contribution in [0.4, 0.5) is 0 Å². The zero-order valence-corrected chi connectivity index (χ0v) is 34.9. The van der Waals surface area contributed by atoms with Crippen LogP contribution < -0.4 is 0 Å². The molecule has 0 aliphatic carbocycles. The van der Waals surface area contributed by atoms with E-state index in [2.05, 4.69) is 13.8 Å². The molecule has 0 bridgehead atoms. The first-order valence-corrected chi connectivity index (χ1v) is 20.0. The van der Waals surface area contributed by atoms with Crippen molar-refractivity contribution in [3.8, 4) is 0 Å². The van der Waals surface area contributed by atoms with Gasteiger partial charge in [-0.3, -0.25) is 9.59 Å². The van der Waals surface area contributed by atoms with Crippen molar-refractivity contribution in [2.45, 2.75) is 245 Å². The monoisotopic (exact) mass is 739 g/mol. The molecule has 0 rings (SSSR count). The molecular formula is C40H80CdO4. The Morgan fingerprint density at radius 2 is 0.422 bits per heavy atom. The van der Waals surface area contributed by atoms with E-state index in [0.717, 1.165) is 25.7 Å². The standard InChI is InChI=1S/2C20H40O2.Cd/c2*1-2-3-4-5-6-7-8-9-10-11-12-13-14-15-16-17-18-19-20(21)22;/h2*2-19H2,1H3,(H,21,22);. The van der Waals surface area contributed by atoms with E-state index < -0.39 is 11.9 Å². The summed E-state index contributed by atoms with van der Waals surface area (Å²) >= 11 is 0. The molecule has 0 saturated heterocycles. The topological polar surface area (TPSA) is 74.6 Å². The summed E-state index contributed by atoms with van der Waals surface area (Å²) in [6.07, 6.45) is 46.3. The van der Waals surface area contributed by atoms with Crippen LogP contribution in [-0.4, -0.2) is 22.2 Å². The number of unbranched alkanes of at least 4 members (excludes halogenated alkanes) is 32. The third-order valence-electron chi connectivity index (χ3n) is 8.99. The van der Waals surface area contributed by atoms with Gasteiger partial charge in [-0.2, -0.15) is 0 Å². The Labute approximate surface area is 302 Å². The van der Waals surface area contributed by atoms with Crippen LogP contribution in [-0.2, 0) is 36.9 Å². The Hall–Kier alpha value is -0.138. The maximum Gasteiger partial charge on any atom is 0.303 e. The third kappa shape index (κ3) is 53.6. The van der Waals surface area contributed by atoms with Crippen LogP contribution in [0.1, 0.15) is 245 Å². The molecule has 0 aliphatic rings. The van der Waals surface area contributed by atoms with Crippen molar-refractivity contribution >= 4 is 11.9 Å². The van der Waals surface area contributed by atoms with Crippen LogP contribution in [0, 0.1) is 0 Å². The van der Waals surface area contributed by atoms with Crippen LogP contribution >= 0.6 is 0 Å². The summed E-state index contributed by atoms with van der Waals surface area (Å²) in [5, 5.41) is 17.1. The molecule has 0 heterocycles. The molecule has 0 atom stereocenters. The molecule has 0 aromatic carbocycles.